The van der Waals surface area contributed by atoms with E-state index >= 15 is 0 Å². The van der Waals surface area contributed by atoms with Crippen LogP contribution >= 0.6 is 0 Å². The molecule has 108 valence electrons. The Morgan fingerprint density at radius 2 is 2.10 bits per heavy atom. The van der Waals surface area contributed by atoms with Gasteiger partial charge in [0.1, 0.15) is 5.75 Å². The fourth-order valence-electron chi connectivity index (χ4n) is 3.30. The SMILES string of the molecule is Cc1ccc2c(OC3CCCCO3)cc3c(c2c1)C=CC3. The first-order chi connectivity index (χ1) is 10.3. The van der Waals surface area contributed by atoms with Gasteiger partial charge in [-0.15, -0.1) is 0 Å². The molecule has 0 N–H and O–H groups in total. The fraction of sp³-hybridized carbons (Fsp3) is 0.368. The van der Waals surface area contributed by atoms with Gasteiger partial charge in [-0.05, 0) is 48.8 Å². The lowest BCUT2D eigenvalue weighted by atomic mass is 9.98. The second-order valence-electron chi connectivity index (χ2n) is 6.02. The molecule has 0 radical (unpaired) electrons. The quantitative estimate of drug-likeness (QED) is 0.799. The first-order valence-electron chi connectivity index (χ1n) is 7.82. The molecule has 1 unspecified atom stereocenters. The Morgan fingerprint density at radius 1 is 1.14 bits per heavy atom. The van der Waals surface area contributed by atoms with Crippen molar-refractivity contribution < 1.29 is 9.47 Å². The van der Waals surface area contributed by atoms with E-state index in [1.165, 1.54) is 33.9 Å². The van der Waals surface area contributed by atoms with Crippen molar-refractivity contribution in [3.63, 3.8) is 0 Å². The Bertz CT molecular complexity index is 709. The van der Waals surface area contributed by atoms with E-state index in [2.05, 4.69) is 43.3 Å². The molecular weight excluding hydrogens is 260 g/mol. The maximum atomic E-state index is 6.18. The molecule has 1 saturated heterocycles. The van der Waals surface area contributed by atoms with Crippen LogP contribution in [0, 0.1) is 6.92 Å². The van der Waals surface area contributed by atoms with Crippen molar-refractivity contribution in [3.8, 4) is 5.75 Å². The predicted molar refractivity (Wildman–Crippen MR) is 85.6 cm³/mol. The Labute approximate surface area is 125 Å². The van der Waals surface area contributed by atoms with Gasteiger partial charge in [-0.25, -0.2) is 0 Å². The molecule has 1 fully saturated rings. The topological polar surface area (TPSA) is 18.5 Å². The van der Waals surface area contributed by atoms with Crippen LogP contribution in [0.5, 0.6) is 5.75 Å². The van der Waals surface area contributed by atoms with Gasteiger partial charge in [0.15, 0.2) is 6.29 Å². The molecule has 4 rings (SSSR count). The highest BCUT2D eigenvalue weighted by atomic mass is 16.7. The van der Waals surface area contributed by atoms with Crippen LogP contribution in [-0.2, 0) is 11.2 Å². The molecule has 1 aliphatic heterocycles. The van der Waals surface area contributed by atoms with Gasteiger partial charge in [0.25, 0.3) is 0 Å². The van der Waals surface area contributed by atoms with E-state index < -0.39 is 0 Å². The van der Waals surface area contributed by atoms with E-state index in [0.717, 1.165) is 31.6 Å². The molecule has 2 aliphatic rings. The summed E-state index contributed by atoms with van der Waals surface area (Å²) in [6, 6.07) is 8.79. The van der Waals surface area contributed by atoms with E-state index in [4.69, 9.17) is 9.47 Å². The molecular formula is C19H20O2. The van der Waals surface area contributed by atoms with Gasteiger partial charge in [-0.3, -0.25) is 0 Å². The Kier molecular flexibility index (Phi) is 3.19. The summed E-state index contributed by atoms with van der Waals surface area (Å²) in [4.78, 5) is 0. The molecule has 2 nitrogen and oxygen atoms in total. The van der Waals surface area contributed by atoms with E-state index in [-0.39, 0.29) is 6.29 Å². The van der Waals surface area contributed by atoms with Crippen molar-refractivity contribution >= 4 is 16.8 Å². The van der Waals surface area contributed by atoms with Gasteiger partial charge >= 0.3 is 0 Å². The van der Waals surface area contributed by atoms with Crippen LogP contribution in [0.2, 0.25) is 0 Å². The van der Waals surface area contributed by atoms with Crippen LogP contribution in [0.3, 0.4) is 0 Å². The van der Waals surface area contributed by atoms with Gasteiger partial charge in [-0.1, -0.05) is 35.9 Å². The first kappa shape index (κ1) is 12.9. The molecule has 1 atom stereocenters. The summed E-state index contributed by atoms with van der Waals surface area (Å²) < 4.78 is 11.9. The van der Waals surface area contributed by atoms with Crippen molar-refractivity contribution in [2.75, 3.05) is 6.61 Å². The molecule has 2 aromatic carbocycles. The number of allylic oxidation sites excluding steroid dienone is 1. The maximum Gasteiger partial charge on any atom is 0.199 e. The third-order valence-corrected chi connectivity index (χ3v) is 4.40. The monoisotopic (exact) mass is 280 g/mol. The minimum absolute atomic E-state index is 0.0873. The summed E-state index contributed by atoms with van der Waals surface area (Å²) in [5, 5.41) is 2.49. The van der Waals surface area contributed by atoms with Crippen LogP contribution < -0.4 is 4.74 Å². The predicted octanol–water partition coefficient (Wildman–Crippen LogP) is 4.62. The summed E-state index contributed by atoms with van der Waals surface area (Å²) in [6.07, 6.45) is 8.70. The Hall–Kier alpha value is -1.80. The fourth-order valence-corrected chi connectivity index (χ4v) is 3.30. The third-order valence-electron chi connectivity index (χ3n) is 4.40. The van der Waals surface area contributed by atoms with E-state index in [0.29, 0.717) is 0 Å². The number of benzene rings is 2. The average Bonchev–Trinajstić information content (AvgIpc) is 2.97. The van der Waals surface area contributed by atoms with Gasteiger partial charge in [-0.2, -0.15) is 0 Å². The second-order valence-corrected chi connectivity index (χ2v) is 6.02. The highest BCUT2D eigenvalue weighted by Crippen LogP contribution is 2.37. The Balaban J connectivity index is 1.80. The summed E-state index contributed by atoms with van der Waals surface area (Å²) >= 11 is 0. The van der Waals surface area contributed by atoms with Crippen molar-refractivity contribution in [1.82, 2.24) is 0 Å². The molecule has 0 spiro atoms. The summed E-state index contributed by atoms with van der Waals surface area (Å²) in [5.41, 5.74) is 4.00. The Morgan fingerprint density at radius 3 is 2.95 bits per heavy atom. The molecule has 0 aromatic heterocycles. The number of hydrogen-bond acceptors (Lipinski definition) is 2. The standard InChI is InChI=1S/C19H20O2/c1-13-8-9-16-17(11-13)15-6-4-5-14(15)12-18(16)21-19-7-2-3-10-20-19/h4,6,8-9,11-12,19H,2-3,5,7,10H2,1H3. The zero-order valence-electron chi connectivity index (χ0n) is 12.4. The summed E-state index contributed by atoms with van der Waals surface area (Å²) in [7, 11) is 0. The third kappa shape index (κ3) is 2.34. The zero-order chi connectivity index (χ0) is 14.2. The summed E-state index contributed by atoms with van der Waals surface area (Å²) in [6.45, 7) is 2.95. The minimum atomic E-state index is -0.0873. The molecule has 1 aliphatic carbocycles. The highest BCUT2D eigenvalue weighted by Gasteiger charge is 2.19. The largest absolute Gasteiger partial charge is 0.464 e. The van der Waals surface area contributed by atoms with Crippen LogP contribution in [0.15, 0.2) is 30.3 Å². The average molecular weight is 280 g/mol. The van der Waals surface area contributed by atoms with Gasteiger partial charge < -0.3 is 9.47 Å². The molecule has 0 bridgehead atoms. The van der Waals surface area contributed by atoms with Crippen LogP contribution in [-0.4, -0.2) is 12.9 Å². The summed E-state index contributed by atoms with van der Waals surface area (Å²) in [5.74, 6) is 0.972. The lowest BCUT2D eigenvalue weighted by Gasteiger charge is -2.24. The number of hydrogen-bond donors (Lipinski definition) is 0. The van der Waals surface area contributed by atoms with Crippen LogP contribution in [0.1, 0.15) is 36.0 Å². The van der Waals surface area contributed by atoms with Gasteiger partial charge in [0.2, 0.25) is 0 Å². The molecule has 21 heavy (non-hydrogen) atoms. The first-order valence-corrected chi connectivity index (χ1v) is 7.82. The maximum absolute atomic E-state index is 6.18. The molecule has 2 heteroatoms. The second kappa shape index (κ2) is 5.19. The molecule has 2 aromatic rings. The van der Waals surface area contributed by atoms with Gasteiger partial charge in [0.05, 0.1) is 6.61 Å². The highest BCUT2D eigenvalue weighted by molar-refractivity contribution is 5.97. The van der Waals surface area contributed by atoms with Crippen molar-refractivity contribution in [3.05, 3.63) is 47.0 Å². The number of fused-ring (bicyclic) bond motifs is 3. The normalized spacial score (nSPS) is 20.7. The van der Waals surface area contributed by atoms with E-state index in [1.807, 2.05) is 0 Å². The minimum Gasteiger partial charge on any atom is -0.464 e. The molecule has 0 saturated carbocycles. The van der Waals surface area contributed by atoms with Crippen molar-refractivity contribution in [2.24, 2.45) is 0 Å². The lowest BCUT2D eigenvalue weighted by molar-refractivity contribution is -0.105. The molecule has 1 heterocycles. The van der Waals surface area contributed by atoms with Crippen molar-refractivity contribution in [1.29, 1.82) is 0 Å². The molecule has 0 amide bonds. The van der Waals surface area contributed by atoms with Crippen LogP contribution in [0.25, 0.3) is 16.8 Å². The van der Waals surface area contributed by atoms with Crippen molar-refractivity contribution in [2.45, 2.75) is 38.9 Å². The number of ether oxygens (including phenoxy) is 2. The van der Waals surface area contributed by atoms with E-state index in [9.17, 15) is 0 Å². The van der Waals surface area contributed by atoms with Crippen LogP contribution in [0.4, 0.5) is 0 Å². The van der Waals surface area contributed by atoms with E-state index in [1.54, 1.807) is 0 Å². The zero-order valence-corrected chi connectivity index (χ0v) is 12.4. The smallest absolute Gasteiger partial charge is 0.199 e. The lowest BCUT2D eigenvalue weighted by Crippen LogP contribution is -2.25. The number of rotatable bonds is 2. The number of aryl methyl sites for hydroxylation is 1. The van der Waals surface area contributed by atoms with Gasteiger partial charge in [0, 0.05) is 11.8 Å².